The summed E-state index contributed by atoms with van der Waals surface area (Å²) in [5.74, 6) is 0.158. The highest BCUT2D eigenvalue weighted by atomic mass is 16.5. The van der Waals surface area contributed by atoms with Crippen molar-refractivity contribution in [2.24, 2.45) is 0 Å². The summed E-state index contributed by atoms with van der Waals surface area (Å²) in [6, 6.07) is 10.8. The van der Waals surface area contributed by atoms with E-state index in [0.29, 0.717) is 16.9 Å². The molecule has 2 aromatic rings. The summed E-state index contributed by atoms with van der Waals surface area (Å²) in [4.78, 5) is 22.7. The van der Waals surface area contributed by atoms with Gasteiger partial charge in [-0.15, -0.1) is 0 Å². The highest BCUT2D eigenvalue weighted by Crippen LogP contribution is 2.33. The minimum Gasteiger partial charge on any atom is -0.495 e. The summed E-state index contributed by atoms with van der Waals surface area (Å²) < 4.78 is 10.1. The first-order valence-corrected chi connectivity index (χ1v) is 6.44. The predicted octanol–water partition coefficient (Wildman–Crippen LogP) is 3.27. The molecule has 4 heteroatoms. The zero-order chi connectivity index (χ0) is 15.4. The van der Waals surface area contributed by atoms with Crippen LogP contribution in [-0.4, -0.2) is 26.5 Å². The van der Waals surface area contributed by atoms with Gasteiger partial charge in [-0.25, -0.2) is 4.79 Å². The fraction of sp³-hybridized carbons (Fsp3) is 0.176. The van der Waals surface area contributed by atoms with Crippen molar-refractivity contribution >= 4 is 12.3 Å². The summed E-state index contributed by atoms with van der Waals surface area (Å²) in [5.41, 5.74) is 3.50. The van der Waals surface area contributed by atoms with Crippen molar-refractivity contribution in [1.82, 2.24) is 0 Å². The fourth-order valence-electron chi connectivity index (χ4n) is 2.27. The normalized spacial score (nSPS) is 10.0. The van der Waals surface area contributed by atoms with Crippen molar-refractivity contribution in [3.05, 3.63) is 53.1 Å². The Morgan fingerprint density at radius 3 is 2.48 bits per heavy atom. The second kappa shape index (κ2) is 6.22. The highest BCUT2D eigenvalue weighted by Gasteiger charge is 2.13. The van der Waals surface area contributed by atoms with Crippen LogP contribution < -0.4 is 4.74 Å². The van der Waals surface area contributed by atoms with Crippen LogP contribution in [0.1, 0.15) is 26.3 Å². The first-order valence-electron chi connectivity index (χ1n) is 6.44. The number of carbonyl (C=O) groups is 2. The molecule has 0 N–H and O–H groups in total. The van der Waals surface area contributed by atoms with Crippen molar-refractivity contribution in [2.45, 2.75) is 6.92 Å². The monoisotopic (exact) mass is 284 g/mol. The average molecular weight is 284 g/mol. The van der Waals surface area contributed by atoms with Gasteiger partial charge < -0.3 is 9.47 Å². The summed E-state index contributed by atoms with van der Waals surface area (Å²) in [7, 11) is 2.88. The largest absolute Gasteiger partial charge is 0.495 e. The molecule has 0 fully saturated rings. The van der Waals surface area contributed by atoms with Gasteiger partial charge in [-0.2, -0.15) is 0 Å². The fourth-order valence-corrected chi connectivity index (χ4v) is 2.27. The van der Waals surface area contributed by atoms with E-state index >= 15 is 0 Å². The Labute approximate surface area is 123 Å². The second-order valence-corrected chi connectivity index (χ2v) is 4.57. The molecule has 0 radical (unpaired) electrons. The minimum absolute atomic E-state index is 0.368. The number of rotatable bonds is 4. The van der Waals surface area contributed by atoms with Gasteiger partial charge >= 0.3 is 5.97 Å². The summed E-state index contributed by atoms with van der Waals surface area (Å²) >= 11 is 0. The lowest BCUT2D eigenvalue weighted by Crippen LogP contribution is -2.03. The lowest BCUT2D eigenvalue weighted by Gasteiger charge is -2.12. The van der Waals surface area contributed by atoms with Crippen LogP contribution in [-0.2, 0) is 4.74 Å². The number of benzene rings is 2. The Hall–Kier alpha value is -2.62. The molecule has 2 aromatic carbocycles. The molecule has 2 rings (SSSR count). The molecule has 0 aliphatic heterocycles. The van der Waals surface area contributed by atoms with E-state index in [1.807, 2.05) is 25.1 Å². The van der Waals surface area contributed by atoms with Gasteiger partial charge in [0.2, 0.25) is 0 Å². The second-order valence-electron chi connectivity index (χ2n) is 4.57. The first kappa shape index (κ1) is 14.8. The summed E-state index contributed by atoms with van der Waals surface area (Å²) in [6.07, 6.45) is 0.762. The van der Waals surface area contributed by atoms with Crippen LogP contribution in [0.5, 0.6) is 5.75 Å². The molecule has 0 bridgehead atoms. The van der Waals surface area contributed by atoms with Crippen LogP contribution in [0, 0.1) is 6.92 Å². The van der Waals surface area contributed by atoms with E-state index < -0.39 is 0 Å². The Kier molecular flexibility index (Phi) is 4.38. The van der Waals surface area contributed by atoms with Gasteiger partial charge in [0.1, 0.15) is 5.75 Å². The van der Waals surface area contributed by atoms with E-state index in [1.54, 1.807) is 18.2 Å². The molecular formula is C17H16O4. The summed E-state index contributed by atoms with van der Waals surface area (Å²) in [5, 5.41) is 0. The zero-order valence-electron chi connectivity index (χ0n) is 12.2. The number of carbonyl (C=O) groups excluding carboxylic acids is 2. The van der Waals surface area contributed by atoms with Crippen molar-refractivity contribution < 1.29 is 19.1 Å². The van der Waals surface area contributed by atoms with Crippen LogP contribution in [0.4, 0.5) is 0 Å². The standard InChI is InChI=1S/C17H16O4/c1-11-9-12(7-8-14(11)17(19)21-3)15-6-4-5-13(10-18)16(15)20-2/h4-10H,1-3H3. The van der Waals surface area contributed by atoms with Gasteiger partial charge in [0.25, 0.3) is 0 Å². The molecule has 0 saturated heterocycles. The van der Waals surface area contributed by atoms with Crippen molar-refractivity contribution in [1.29, 1.82) is 0 Å². The number of para-hydroxylation sites is 1. The quantitative estimate of drug-likeness (QED) is 0.638. The van der Waals surface area contributed by atoms with E-state index in [1.165, 1.54) is 14.2 Å². The van der Waals surface area contributed by atoms with Gasteiger partial charge in [-0.05, 0) is 30.2 Å². The molecule has 0 heterocycles. The molecule has 0 spiro atoms. The molecule has 0 saturated carbocycles. The maximum absolute atomic E-state index is 11.6. The maximum Gasteiger partial charge on any atom is 0.338 e. The molecule has 21 heavy (non-hydrogen) atoms. The highest BCUT2D eigenvalue weighted by molar-refractivity contribution is 5.92. The Balaban J connectivity index is 2.56. The molecular weight excluding hydrogens is 268 g/mol. The number of esters is 1. The molecule has 4 nitrogen and oxygen atoms in total. The van der Waals surface area contributed by atoms with E-state index in [0.717, 1.165) is 23.0 Å². The van der Waals surface area contributed by atoms with Crippen molar-refractivity contribution in [3.8, 4) is 16.9 Å². The average Bonchev–Trinajstić information content (AvgIpc) is 2.53. The SMILES string of the molecule is COC(=O)c1ccc(-c2cccc(C=O)c2OC)cc1C. The summed E-state index contributed by atoms with van der Waals surface area (Å²) in [6.45, 7) is 1.84. The van der Waals surface area contributed by atoms with Crippen molar-refractivity contribution in [2.75, 3.05) is 14.2 Å². The number of hydrogen-bond acceptors (Lipinski definition) is 4. The van der Waals surface area contributed by atoms with Crippen LogP contribution in [0.25, 0.3) is 11.1 Å². The molecule has 0 aliphatic rings. The number of ether oxygens (including phenoxy) is 2. The Morgan fingerprint density at radius 1 is 1.14 bits per heavy atom. The predicted molar refractivity (Wildman–Crippen MR) is 79.9 cm³/mol. The number of aryl methyl sites for hydroxylation is 1. The van der Waals surface area contributed by atoms with Crippen LogP contribution in [0.3, 0.4) is 0 Å². The number of aldehydes is 1. The van der Waals surface area contributed by atoms with Gasteiger partial charge in [0.15, 0.2) is 6.29 Å². The third kappa shape index (κ3) is 2.79. The van der Waals surface area contributed by atoms with Crippen LogP contribution in [0.15, 0.2) is 36.4 Å². The molecule has 0 aliphatic carbocycles. The Morgan fingerprint density at radius 2 is 1.90 bits per heavy atom. The first-order chi connectivity index (χ1) is 10.1. The van der Waals surface area contributed by atoms with Crippen LogP contribution >= 0.6 is 0 Å². The third-order valence-corrected chi connectivity index (χ3v) is 3.32. The zero-order valence-corrected chi connectivity index (χ0v) is 12.2. The molecule has 0 atom stereocenters. The van der Waals surface area contributed by atoms with E-state index in [9.17, 15) is 9.59 Å². The van der Waals surface area contributed by atoms with Gasteiger partial charge in [-0.3, -0.25) is 4.79 Å². The van der Waals surface area contributed by atoms with Gasteiger partial charge in [0.05, 0.1) is 25.3 Å². The lowest BCUT2D eigenvalue weighted by atomic mass is 9.97. The van der Waals surface area contributed by atoms with Gasteiger partial charge in [0, 0.05) is 5.56 Å². The van der Waals surface area contributed by atoms with E-state index in [4.69, 9.17) is 9.47 Å². The maximum atomic E-state index is 11.6. The van der Waals surface area contributed by atoms with E-state index in [-0.39, 0.29) is 5.97 Å². The topological polar surface area (TPSA) is 52.6 Å². The van der Waals surface area contributed by atoms with Gasteiger partial charge in [-0.1, -0.05) is 24.3 Å². The molecule has 108 valence electrons. The minimum atomic E-state index is -0.368. The molecule has 0 amide bonds. The lowest BCUT2D eigenvalue weighted by molar-refractivity contribution is 0.0600. The van der Waals surface area contributed by atoms with Crippen LogP contribution in [0.2, 0.25) is 0 Å². The van der Waals surface area contributed by atoms with Crippen molar-refractivity contribution in [3.63, 3.8) is 0 Å². The number of hydrogen-bond donors (Lipinski definition) is 0. The smallest absolute Gasteiger partial charge is 0.338 e. The van der Waals surface area contributed by atoms with E-state index in [2.05, 4.69) is 0 Å². The number of methoxy groups -OCH3 is 2. The molecule has 0 aromatic heterocycles. The Bertz CT molecular complexity index is 689. The molecule has 0 unspecified atom stereocenters. The third-order valence-electron chi connectivity index (χ3n) is 3.32.